The minimum atomic E-state index is 0.952. The highest BCUT2D eigenvalue weighted by atomic mass is 32.2. The van der Waals surface area contributed by atoms with Crippen LogP contribution in [0.25, 0.3) is 21.9 Å². The number of benzene rings is 3. The molecule has 92 valence electrons. The third-order valence-corrected chi connectivity index (χ3v) is 4.70. The van der Waals surface area contributed by atoms with Crippen molar-refractivity contribution in [3.63, 3.8) is 0 Å². The molecule has 1 aliphatic heterocycles. The van der Waals surface area contributed by atoms with E-state index in [1.807, 2.05) is 11.8 Å². The summed E-state index contributed by atoms with van der Waals surface area (Å²) in [6.07, 6.45) is 0. The fraction of sp³-hybridized carbons (Fsp3) is 0.0588. The molecule has 0 atom stereocenters. The van der Waals surface area contributed by atoms with Gasteiger partial charge in [0.25, 0.3) is 0 Å². The summed E-state index contributed by atoms with van der Waals surface area (Å²) in [5, 5.41) is 2.58. The zero-order valence-corrected chi connectivity index (χ0v) is 11.3. The lowest BCUT2D eigenvalue weighted by Gasteiger charge is -2.22. The van der Waals surface area contributed by atoms with Crippen molar-refractivity contribution in [3.8, 4) is 16.9 Å². The van der Waals surface area contributed by atoms with Crippen LogP contribution in [0.2, 0.25) is 0 Å². The molecule has 19 heavy (non-hydrogen) atoms. The van der Waals surface area contributed by atoms with Crippen LogP contribution in [0.3, 0.4) is 0 Å². The monoisotopic (exact) mass is 264 g/mol. The molecule has 2 heteroatoms. The van der Waals surface area contributed by atoms with Crippen LogP contribution < -0.4 is 4.74 Å². The quantitative estimate of drug-likeness (QED) is 0.479. The molecular formula is C17H12OS. The average molecular weight is 264 g/mol. The summed E-state index contributed by atoms with van der Waals surface area (Å²) < 4.78 is 5.58. The van der Waals surface area contributed by atoms with Gasteiger partial charge in [-0.3, -0.25) is 0 Å². The standard InChI is InChI=1S/C17H12OS/c1-18-13-10-9-11-5-4-8-15-16(11)17(13)12-6-2-3-7-14(12)19-15/h2-10H,1H3. The Morgan fingerprint density at radius 3 is 2.58 bits per heavy atom. The molecule has 0 radical (unpaired) electrons. The first-order chi connectivity index (χ1) is 9.38. The molecule has 3 aromatic rings. The van der Waals surface area contributed by atoms with E-state index in [0.717, 1.165) is 5.75 Å². The van der Waals surface area contributed by atoms with Crippen molar-refractivity contribution >= 4 is 22.5 Å². The number of methoxy groups -OCH3 is 1. The molecule has 0 fully saturated rings. The Labute approximate surface area is 116 Å². The zero-order valence-electron chi connectivity index (χ0n) is 10.5. The summed E-state index contributed by atoms with van der Waals surface area (Å²) >= 11 is 1.84. The summed E-state index contributed by atoms with van der Waals surface area (Å²) in [5.41, 5.74) is 2.50. The Balaban J connectivity index is 2.22. The highest BCUT2D eigenvalue weighted by Crippen LogP contribution is 2.50. The lowest BCUT2D eigenvalue weighted by atomic mass is 9.96. The van der Waals surface area contributed by atoms with Crippen molar-refractivity contribution in [1.82, 2.24) is 0 Å². The second-order valence-corrected chi connectivity index (χ2v) is 5.68. The van der Waals surface area contributed by atoms with E-state index in [9.17, 15) is 0 Å². The molecule has 0 bridgehead atoms. The van der Waals surface area contributed by atoms with Gasteiger partial charge in [-0.1, -0.05) is 48.2 Å². The van der Waals surface area contributed by atoms with Crippen molar-refractivity contribution in [2.24, 2.45) is 0 Å². The summed E-state index contributed by atoms with van der Waals surface area (Å²) in [6, 6.07) is 19.2. The van der Waals surface area contributed by atoms with Gasteiger partial charge in [-0.15, -0.1) is 0 Å². The molecule has 4 rings (SSSR count). The summed E-state index contributed by atoms with van der Waals surface area (Å²) in [5.74, 6) is 0.952. The first-order valence-electron chi connectivity index (χ1n) is 6.25. The predicted octanol–water partition coefficient (Wildman–Crippen LogP) is 4.98. The van der Waals surface area contributed by atoms with E-state index in [1.165, 1.54) is 31.7 Å². The van der Waals surface area contributed by atoms with E-state index in [4.69, 9.17) is 4.74 Å². The van der Waals surface area contributed by atoms with E-state index < -0.39 is 0 Å². The first kappa shape index (κ1) is 10.9. The van der Waals surface area contributed by atoms with Crippen LogP contribution in [0.15, 0.2) is 64.4 Å². The minimum Gasteiger partial charge on any atom is -0.496 e. The second kappa shape index (κ2) is 4.04. The lowest BCUT2D eigenvalue weighted by Crippen LogP contribution is -1.96. The highest BCUT2D eigenvalue weighted by Gasteiger charge is 2.21. The molecule has 0 saturated carbocycles. The first-order valence-corrected chi connectivity index (χ1v) is 7.07. The molecule has 0 unspecified atom stereocenters. The molecule has 1 aliphatic rings. The average Bonchev–Trinajstić information content (AvgIpc) is 2.47. The normalized spacial score (nSPS) is 12.3. The summed E-state index contributed by atoms with van der Waals surface area (Å²) in [7, 11) is 1.74. The van der Waals surface area contributed by atoms with Gasteiger partial charge in [-0.2, -0.15) is 0 Å². The Kier molecular flexibility index (Phi) is 2.32. The molecule has 0 spiro atoms. The summed E-state index contributed by atoms with van der Waals surface area (Å²) in [6.45, 7) is 0. The highest BCUT2D eigenvalue weighted by molar-refractivity contribution is 7.99. The molecule has 0 aliphatic carbocycles. The predicted molar refractivity (Wildman–Crippen MR) is 80.1 cm³/mol. The van der Waals surface area contributed by atoms with Crippen molar-refractivity contribution < 1.29 is 4.74 Å². The van der Waals surface area contributed by atoms with Crippen molar-refractivity contribution in [1.29, 1.82) is 0 Å². The Bertz CT molecular complexity index is 792. The van der Waals surface area contributed by atoms with E-state index in [0.29, 0.717) is 0 Å². The van der Waals surface area contributed by atoms with E-state index >= 15 is 0 Å². The maximum Gasteiger partial charge on any atom is 0.127 e. The van der Waals surface area contributed by atoms with Gasteiger partial charge in [-0.25, -0.2) is 0 Å². The van der Waals surface area contributed by atoms with Crippen LogP contribution in [-0.2, 0) is 0 Å². The maximum atomic E-state index is 5.58. The van der Waals surface area contributed by atoms with Crippen LogP contribution >= 0.6 is 11.8 Å². The van der Waals surface area contributed by atoms with Crippen molar-refractivity contribution in [3.05, 3.63) is 54.6 Å². The van der Waals surface area contributed by atoms with Gasteiger partial charge < -0.3 is 4.74 Å². The second-order valence-electron chi connectivity index (χ2n) is 4.60. The third-order valence-electron chi connectivity index (χ3n) is 3.57. The van der Waals surface area contributed by atoms with Crippen LogP contribution in [0.1, 0.15) is 0 Å². The zero-order chi connectivity index (χ0) is 12.8. The Morgan fingerprint density at radius 2 is 1.68 bits per heavy atom. The molecular weight excluding hydrogens is 252 g/mol. The van der Waals surface area contributed by atoms with Gasteiger partial charge in [0, 0.05) is 20.7 Å². The topological polar surface area (TPSA) is 9.23 Å². The Hall–Kier alpha value is -1.93. The van der Waals surface area contributed by atoms with Gasteiger partial charge in [0.1, 0.15) is 5.75 Å². The number of ether oxygens (including phenoxy) is 1. The largest absolute Gasteiger partial charge is 0.496 e. The molecule has 0 aromatic heterocycles. The Morgan fingerprint density at radius 1 is 0.842 bits per heavy atom. The number of fused-ring (bicyclic) bond motifs is 2. The van der Waals surface area contributed by atoms with Crippen LogP contribution in [-0.4, -0.2) is 7.11 Å². The van der Waals surface area contributed by atoms with E-state index in [1.54, 1.807) is 7.11 Å². The number of hydrogen-bond donors (Lipinski definition) is 0. The molecule has 1 nitrogen and oxygen atoms in total. The van der Waals surface area contributed by atoms with E-state index in [-0.39, 0.29) is 0 Å². The smallest absolute Gasteiger partial charge is 0.127 e. The molecule has 0 N–H and O–H groups in total. The number of rotatable bonds is 1. The van der Waals surface area contributed by atoms with Gasteiger partial charge in [0.2, 0.25) is 0 Å². The van der Waals surface area contributed by atoms with E-state index in [2.05, 4.69) is 54.6 Å². The summed E-state index contributed by atoms with van der Waals surface area (Å²) in [4.78, 5) is 2.61. The van der Waals surface area contributed by atoms with Gasteiger partial charge in [0.15, 0.2) is 0 Å². The van der Waals surface area contributed by atoms with Crippen molar-refractivity contribution in [2.45, 2.75) is 9.79 Å². The molecule has 3 aromatic carbocycles. The maximum absolute atomic E-state index is 5.58. The van der Waals surface area contributed by atoms with Gasteiger partial charge >= 0.3 is 0 Å². The van der Waals surface area contributed by atoms with Crippen LogP contribution in [0.5, 0.6) is 5.75 Å². The molecule has 0 saturated heterocycles. The SMILES string of the molecule is COc1ccc2cccc3c2c1-c1ccccc1S3. The fourth-order valence-electron chi connectivity index (χ4n) is 2.73. The van der Waals surface area contributed by atoms with Crippen molar-refractivity contribution in [2.75, 3.05) is 7.11 Å². The minimum absolute atomic E-state index is 0.952. The third kappa shape index (κ3) is 1.50. The van der Waals surface area contributed by atoms with Gasteiger partial charge in [0.05, 0.1) is 7.11 Å². The van der Waals surface area contributed by atoms with Gasteiger partial charge in [-0.05, 0) is 29.1 Å². The molecule has 1 heterocycles. The van der Waals surface area contributed by atoms with Crippen LogP contribution in [0.4, 0.5) is 0 Å². The lowest BCUT2D eigenvalue weighted by molar-refractivity contribution is 0.417. The van der Waals surface area contributed by atoms with Crippen LogP contribution in [0, 0.1) is 0 Å². The molecule has 0 amide bonds. The fourth-order valence-corrected chi connectivity index (χ4v) is 3.86. The number of hydrogen-bond acceptors (Lipinski definition) is 2.